The summed E-state index contributed by atoms with van der Waals surface area (Å²) in [5.41, 5.74) is 0. The summed E-state index contributed by atoms with van der Waals surface area (Å²) in [5, 5.41) is 0. The lowest BCUT2D eigenvalue weighted by atomic mass is 10.4. The van der Waals surface area contributed by atoms with Crippen molar-refractivity contribution in [3.8, 4) is 0 Å². The van der Waals surface area contributed by atoms with Gasteiger partial charge in [-0.2, -0.15) is 0 Å². The Kier molecular flexibility index (Phi) is 3.24. The molecule has 0 amide bonds. The van der Waals surface area contributed by atoms with E-state index in [4.69, 9.17) is 0 Å². The molecule has 0 bridgehead atoms. The third-order valence-electron chi connectivity index (χ3n) is 0.596. The molecule has 48 valence electrons. The Bertz CT molecular complexity index is 64.6. The molecule has 0 unspecified atom stereocenters. The fourth-order valence-corrected chi connectivity index (χ4v) is 0.267. The van der Waals surface area contributed by atoms with Crippen LogP contribution in [0.5, 0.6) is 0 Å². The van der Waals surface area contributed by atoms with Crippen LogP contribution in [0.15, 0.2) is 4.99 Å². The molecule has 0 saturated carbocycles. The molecule has 0 aliphatic carbocycles. The van der Waals surface area contributed by atoms with Gasteiger partial charge < -0.3 is 4.90 Å². The summed E-state index contributed by atoms with van der Waals surface area (Å²) < 4.78 is 0. The lowest BCUT2D eigenvalue weighted by Gasteiger charge is -2.02. The van der Waals surface area contributed by atoms with Crippen LogP contribution in [-0.4, -0.2) is 31.4 Å². The molecule has 0 rings (SSSR count). The maximum Gasteiger partial charge on any atom is 0.0847 e. The van der Waals surface area contributed by atoms with Gasteiger partial charge in [0.05, 0.1) is 6.34 Å². The lowest BCUT2D eigenvalue weighted by Crippen LogP contribution is -2.09. The van der Waals surface area contributed by atoms with Crippen LogP contribution in [0.25, 0.3) is 0 Å². The first-order chi connectivity index (χ1) is 3.63. The summed E-state index contributed by atoms with van der Waals surface area (Å²) in [4.78, 5) is 6.06. The van der Waals surface area contributed by atoms with Crippen molar-refractivity contribution in [1.82, 2.24) is 4.90 Å². The van der Waals surface area contributed by atoms with Gasteiger partial charge >= 0.3 is 0 Å². The quantitative estimate of drug-likeness (QED) is 0.386. The highest BCUT2D eigenvalue weighted by atomic mass is 15.1. The van der Waals surface area contributed by atoms with E-state index in [9.17, 15) is 0 Å². The lowest BCUT2D eigenvalue weighted by molar-refractivity contribution is 0.632. The molecule has 2 heteroatoms. The van der Waals surface area contributed by atoms with Crippen LogP contribution >= 0.6 is 0 Å². The molecular formula is C6H14N2. The van der Waals surface area contributed by atoms with Gasteiger partial charge in [-0.25, -0.2) is 0 Å². The Morgan fingerprint density at radius 3 is 2.00 bits per heavy atom. The van der Waals surface area contributed by atoms with Crippen LogP contribution in [0.2, 0.25) is 0 Å². The number of nitrogens with zero attached hydrogens (tertiary/aromatic N) is 2. The van der Waals surface area contributed by atoms with Gasteiger partial charge in [0.1, 0.15) is 0 Å². The van der Waals surface area contributed by atoms with E-state index in [1.807, 2.05) is 25.3 Å². The van der Waals surface area contributed by atoms with Crippen molar-refractivity contribution >= 4 is 6.34 Å². The largest absolute Gasteiger partial charge is 0.369 e. The minimum absolute atomic E-state index is 0.414. The Hall–Kier alpha value is -0.530. The topological polar surface area (TPSA) is 15.6 Å². The van der Waals surface area contributed by atoms with Crippen LogP contribution in [0.1, 0.15) is 13.8 Å². The molecule has 0 aromatic carbocycles. The van der Waals surface area contributed by atoms with E-state index in [0.29, 0.717) is 6.04 Å². The van der Waals surface area contributed by atoms with Crippen LogP contribution in [0.3, 0.4) is 0 Å². The second-order valence-electron chi connectivity index (χ2n) is 2.32. The predicted octanol–water partition coefficient (Wildman–Crippen LogP) is 0.985. The molecule has 0 atom stereocenters. The SMILES string of the molecule is CC(C)N=CN(C)C. The third kappa shape index (κ3) is 5.47. The maximum absolute atomic E-state index is 4.12. The third-order valence-corrected chi connectivity index (χ3v) is 0.596. The fraction of sp³-hybridized carbons (Fsp3) is 0.833. The van der Waals surface area contributed by atoms with Gasteiger partial charge in [0.15, 0.2) is 0 Å². The summed E-state index contributed by atoms with van der Waals surface area (Å²) in [7, 11) is 3.93. The molecule has 0 spiro atoms. The molecule has 0 aromatic heterocycles. The Morgan fingerprint density at radius 1 is 1.38 bits per heavy atom. The molecule has 2 nitrogen and oxygen atoms in total. The summed E-state index contributed by atoms with van der Waals surface area (Å²) in [6.45, 7) is 4.11. The zero-order valence-electron chi connectivity index (χ0n) is 6.05. The number of aliphatic imine (C=N–C) groups is 1. The minimum atomic E-state index is 0.414. The summed E-state index contributed by atoms with van der Waals surface area (Å²) in [6, 6.07) is 0.414. The Labute approximate surface area is 51.2 Å². The van der Waals surface area contributed by atoms with Crippen molar-refractivity contribution in [2.24, 2.45) is 4.99 Å². The normalized spacial score (nSPS) is 11.1. The van der Waals surface area contributed by atoms with Gasteiger partial charge in [-0.1, -0.05) is 0 Å². The highest BCUT2D eigenvalue weighted by molar-refractivity contribution is 5.53. The van der Waals surface area contributed by atoms with E-state index < -0.39 is 0 Å². The van der Waals surface area contributed by atoms with E-state index in [-0.39, 0.29) is 0 Å². The summed E-state index contributed by atoms with van der Waals surface area (Å²) >= 11 is 0. The first kappa shape index (κ1) is 7.47. The van der Waals surface area contributed by atoms with Crippen LogP contribution in [-0.2, 0) is 0 Å². The fourth-order valence-electron chi connectivity index (χ4n) is 0.267. The average molecular weight is 114 g/mol. The molecule has 8 heavy (non-hydrogen) atoms. The summed E-state index contributed by atoms with van der Waals surface area (Å²) in [6.07, 6.45) is 1.82. The van der Waals surface area contributed by atoms with Crippen molar-refractivity contribution in [3.05, 3.63) is 0 Å². The second-order valence-corrected chi connectivity index (χ2v) is 2.32. The molecule has 0 heterocycles. The second kappa shape index (κ2) is 3.47. The zero-order chi connectivity index (χ0) is 6.57. The van der Waals surface area contributed by atoms with Gasteiger partial charge in [-0.15, -0.1) is 0 Å². The minimum Gasteiger partial charge on any atom is -0.369 e. The monoisotopic (exact) mass is 114 g/mol. The Morgan fingerprint density at radius 2 is 1.88 bits per heavy atom. The van der Waals surface area contributed by atoms with Gasteiger partial charge in [0.2, 0.25) is 0 Å². The highest BCUT2D eigenvalue weighted by Crippen LogP contribution is 1.82. The average Bonchev–Trinajstić information content (AvgIpc) is 1.61. The van der Waals surface area contributed by atoms with Crippen molar-refractivity contribution in [2.75, 3.05) is 14.1 Å². The van der Waals surface area contributed by atoms with E-state index in [1.54, 1.807) is 0 Å². The van der Waals surface area contributed by atoms with Crippen LogP contribution in [0.4, 0.5) is 0 Å². The molecular weight excluding hydrogens is 100 g/mol. The van der Waals surface area contributed by atoms with E-state index >= 15 is 0 Å². The molecule has 0 aromatic rings. The first-order valence-corrected chi connectivity index (χ1v) is 2.82. The number of rotatable bonds is 2. The van der Waals surface area contributed by atoms with E-state index in [2.05, 4.69) is 18.8 Å². The predicted molar refractivity (Wildman–Crippen MR) is 37.3 cm³/mol. The molecule has 0 N–H and O–H groups in total. The van der Waals surface area contributed by atoms with Crippen molar-refractivity contribution in [2.45, 2.75) is 19.9 Å². The van der Waals surface area contributed by atoms with Crippen molar-refractivity contribution in [1.29, 1.82) is 0 Å². The molecule has 0 aliphatic rings. The maximum atomic E-state index is 4.12. The molecule has 0 radical (unpaired) electrons. The number of hydrogen-bond donors (Lipinski definition) is 0. The number of hydrogen-bond acceptors (Lipinski definition) is 1. The van der Waals surface area contributed by atoms with Gasteiger partial charge in [-0.05, 0) is 13.8 Å². The van der Waals surface area contributed by atoms with Crippen LogP contribution in [0, 0.1) is 0 Å². The van der Waals surface area contributed by atoms with Gasteiger partial charge in [0, 0.05) is 20.1 Å². The standard InChI is InChI=1S/C6H14N2/c1-6(2)7-5-8(3)4/h5-6H,1-4H3. The Balaban J connectivity index is 3.34. The van der Waals surface area contributed by atoms with Crippen LogP contribution < -0.4 is 0 Å². The molecule has 0 aliphatic heterocycles. The van der Waals surface area contributed by atoms with E-state index in [1.165, 1.54) is 0 Å². The molecule has 0 fully saturated rings. The van der Waals surface area contributed by atoms with E-state index in [0.717, 1.165) is 0 Å². The smallest absolute Gasteiger partial charge is 0.0847 e. The summed E-state index contributed by atoms with van der Waals surface area (Å²) in [5.74, 6) is 0. The zero-order valence-corrected chi connectivity index (χ0v) is 6.05. The van der Waals surface area contributed by atoms with Gasteiger partial charge in [0.25, 0.3) is 0 Å². The first-order valence-electron chi connectivity index (χ1n) is 2.82. The van der Waals surface area contributed by atoms with Gasteiger partial charge in [-0.3, -0.25) is 4.99 Å². The highest BCUT2D eigenvalue weighted by Gasteiger charge is 1.82. The van der Waals surface area contributed by atoms with Crippen molar-refractivity contribution < 1.29 is 0 Å². The molecule has 0 saturated heterocycles. The van der Waals surface area contributed by atoms with Crippen molar-refractivity contribution in [3.63, 3.8) is 0 Å².